The maximum atomic E-state index is 11.1. The van der Waals surface area contributed by atoms with Gasteiger partial charge in [0.1, 0.15) is 0 Å². The Balaban J connectivity index is 2.01. The number of hydrogen-bond donors (Lipinski definition) is 1. The molecule has 1 N–H and O–H groups in total. The van der Waals surface area contributed by atoms with Crippen molar-refractivity contribution in [2.45, 2.75) is 39.2 Å². The van der Waals surface area contributed by atoms with Gasteiger partial charge in [0.15, 0.2) is 5.82 Å². The third kappa shape index (κ3) is 2.79. The normalized spacial score (nSPS) is 15.9. The molecule has 1 aromatic carbocycles. The molecule has 1 aliphatic rings. The minimum atomic E-state index is -0.811. The number of nitrogens with zero attached hydrogens (tertiary/aromatic N) is 4. The Morgan fingerprint density at radius 3 is 2.81 bits per heavy atom. The lowest BCUT2D eigenvalue weighted by Crippen LogP contribution is -2.18. The molecule has 21 heavy (non-hydrogen) atoms. The van der Waals surface area contributed by atoms with Crippen LogP contribution in [0.2, 0.25) is 0 Å². The van der Waals surface area contributed by atoms with E-state index in [-0.39, 0.29) is 12.5 Å². The average Bonchev–Trinajstić information content (AvgIpc) is 3.14. The summed E-state index contributed by atoms with van der Waals surface area (Å²) in [7, 11) is 0. The Labute approximate surface area is 122 Å². The molecule has 1 unspecified atom stereocenters. The van der Waals surface area contributed by atoms with Crippen LogP contribution in [-0.4, -0.2) is 31.3 Å². The molecule has 1 atom stereocenters. The van der Waals surface area contributed by atoms with E-state index >= 15 is 0 Å². The molecule has 3 rings (SSSR count). The van der Waals surface area contributed by atoms with Crippen molar-refractivity contribution in [3.05, 3.63) is 29.3 Å². The number of carboxylic acids is 1. The molecule has 1 heterocycles. The fourth-order valence-corrected chi connectivity index (χ4v) is 2.77. The quantitative estimate of drug-likeness (QED) is 0.912. The maximum absolute atomic E-state index is 11.1. The minimum Gasteiger partial charge on any atom is -0.481 e. The van der Waals surface area contributed by atoms with E-state index in [0.717, 1.165) is 24.0 Å². The van der Waals surface area contributed by atoms with Crippen LogP contribution in [0.15, 0.2) is 18.2 Å². The van der Waals surface area contributed by atoms with Gasteiger partial charge in [-0.05, 0) is 48.6 Å². The summed E-state index contributed by atoms with van der Waals surface area (Å²) < 4.78 is 1.70. The summed E-state index contributed by atoms with van der Waals surface area (Å²) in [6, 6.07) is 5.94. The number of aliphatic carboxylic acids is 1. The molecule has 2 aromatic rings. The summed E-state index contributed by atoms with van der Waals surface area (Å²) in [6.07, 6.45) is 2.15. The summed E-state index contributed by atoms with van der Waals surface area (Å²) >= 11 is 0. The van der Waals surface area contributed by atoms with Crippen LogP contribution >= 0.6 is 0 Å². The van der Waals surface area contributed by atoms with E-state index < -0.39 is 5.97 Å². The molecule has 6 nitrogen and oxygen atoms in total. The summed E-state index contributed by atoms with van der Waals surface area (Å²) in [5, 5.41) is 21.1. The molecular weight excluding hydrogens is 268 g/mol. The van der Waals surface area contributed by atoms with Crippen molar-refractivity contribution in [3.63, 3.8) is 0 Å². The summed E-state index contributed by atoms with van der Waals surface area (Å²) in [5.41, 5.74) is 3.23. The van der Waals surface area contributed by atoms with Crippen molar-refractivity contribution in [2.24, 2.45) is 5.92 Å². The fourth-order valence-electron chi connectivity index (χ4n) is 2.77. The van der Waals surface area contributed by atoms with Gasteiger partial charge in [0, 0.05) is 5.56 Å². The Hall–Kier alpha value is -2.24. The Kier molecular flexibility index (Phi) is 3.45. The number of hydrogen-bond acceptors (Lipinski definition) is 4. The van der Waals surface area contributed by atoms with Crippen LogP contribution < -0.4 is 0 Å². The van der Waals surface area contributed by atoms with Crippen LogP contribution in [-0.2, 0) is 4.79 Å². The van der Waals surface area contributed by atoms with Gasteiger partial charge >= 0.3 is 5.97 Å². The molecule has 1 fully saturated rings. The first-order valence-electron chi connectivity index (χ1n) is 7.13. The van der Waals surface area contributed by atoms with E-state index in [1.54, 1.807) is 4.68 Å². The number of tetrazole rings is 1. The zero-order valence-electron chi connectivity index (χ0n) is 12.2. The zero-order valence-corrected chi connectivity index (χ0v) is 12.2. The maximum Gasteiger partial charge on any atom is 0.305 e. The minimum absolute atomic E-state index is 0.0631. The standard InChI is InChI=1S/C15H18N4O2/c1-9-3-6-12(10(2)7-9)15-16-17-18-19(15)13(8-14(20)21)11-4-5-11/h3,6-7,11,13H,4-5,8H2,1-2H3,(H,20,21). The van der Waals surface area contributed by atoms with E-state index in [1.165, 1.54) is 5.56 Å². The average molecular weight is 286 g/mol. The largest absolute Gasteiger partial charge is 0.481 e. The number of carboxylic acid groups (broad SMARTS) is 1. The van der Waals surface area contributed by atoms with Crippen LogP contribution in [0.4, 0.5) is 0 Å². The van der Waals surface area contributed by atoms with Crippen molar-refractivity contribution >= 4 is 5.97 Å². The second kappa shape index (κ2) is 5.27. The monoisotopic (exact) mass is 286 g/mol. The molecule has 0 spiro atoms. The van der Waals surface area contributed by atoms with Crippen molar-refractivity contribution in [1.29, 1.82) is 0 Å². The van der Waals surface area contributed by atoms with E-state index in [1.807, 2.05) is 26.0 Å². The van der Waals surface area contributed by atoms with Gasteiger partial charge in [-0.3, -0.25) is 4.79 Å². The van der Waals surface area contributed by atoms with Crippen LogP contribution in [0.1, 0.15) is 36.4 Å². The van der Waals surface area contributed by atoms with Crippen LogP contribution in [0, 0.1) is 19.8 Å². The highest BCUT2D eigenvalue weighted by Crippen LogP contribution is 2.42. The Morgan fingerprint density at radius 1 is 1.43 bits per heavy atom. The zero-order chi connectivity index (χ0) is 15.0. The van der Waals surface area contributed by atoms with Gasteiger partial charge in [0.05, 0.1) is 12.5 Å². The van der Waals surface area contributed by atoms with Crippen molar-refractivity contribution in [1.82, 2.24) is 20.2 Å². The third-order valence-corrected chi connectivity index (χ3v) is 3.98. The first kappa shape index (κ1) is 13.7. The molecule has 110 valence electrons. The van der Waals surface area contributed by atoms with Gasteiger partial charge in [-0.25, -0.2) is 4.68 Å². The molecule has 1 aliphatic carbocycles. The van der Waals surface area contributed by atoms with E-state index in [4.69, 9.17) is 5.11 Å². The number of rotatable bonds is 5. The molecule has 0 amide bonds. The summed E-state index contributed by atoms with van der Waals surface area (Å²) in [5.74, 6) is 0.216. The highest BCUT2D eigenvalue weighted by molar-refractivity contribution is 5.68. The Bertz CT molecular complexity index is 676. The lowest BCUT2D eigenvalue weighted by atomic mass is 10.0. The SMILES string of the molecule is Cc1ccc(-c2nnnn2C(CC(=O)O)C2CC2)c(C)c1. The number of benzene rings is 1. The summed E-state index contributed by atoms with van der Waals surface area (Å²) in [4.78, 5) is 11.1. The first-order valence-corrected chi connectivity index (χ1v) is 7.13. The van der Waals surface area contributed by atoms with Gasteiger partial charge < -0.3 is 5.11 Å². The smallest absolute Gasteiger partial charge is 0.305 e. The molecule has 0 saturated heterocycles. The van der Waals surface area contributed by atoms with E-state index in [2.05, 4.69) is 21.6 Å². The van der Waals surface area contributed by atoms with Crippen molar-refractivity contribution in [2.75, 3.05) is 0 Å². The van der Waals surface area contributed by atoms with Crippen LogP contribution in [0.3, 0.4) is 0 Å². The second-order valence-corrected chi connectivity index (χ2v) is 5.77. The first-order chi connectivity index (χ1) is 10.1. The van der Waals surface area contributed by atoms with Gasteiger partial charge in [-0.2, -0.15) is 0 Å². The van der Waals surface area contributed by atoms with E-state index in [0.29, 0.717) is 11.7 Å². The molecule has 0 aliphatic heterocycles. The molecule has 1 aromatic heterocycles. The predicted octanol–water partition coefficient (Wildman–Crippen LogP) is 2.38. The Morgan fingerprint density at radius 2 is 2.19 bits per heavy atom. The lowest BCUT2D eigenvalue weighted by Gasteiger charge is -2.16. The molecule has 1 saturated carbocycles. The third-order valence-electron chi connectivity index (χ3n) is 3.98. The number of aryl methyl sites for hydroxylation is 2. The number of aromatic nitrogens is 4. The molecule has 0 radical (unpaired) electrons. The van der Waals surface area contributed by atoms with Gasteiger partial charge in [0.25, 0.3) is 0 Å². The second-order valence-electron chi connectivity index (χ2n) is 5.77. The van der Waals surface area contributed by atoms with Gasteiger partial charge in [-0.1, -0.05) is 23.8 Å². The lowest BCUT2D eigenvalue weighted by molar-refractivity contribution is -0.138. The summed E-state index contributed by atoms with van der Waals surface area (Å²) in [6.45, 7) is 4.06. The van der Waals surface area contributed by atoms with Gasteiger partial charge in [-0.15, -0.1) is 5.10 Å². The molecular formula is C15H18N4O2. The topological polar surface area (TPSA) is 80.9 Å². The van der Waals surface area contributed by atoms with Crippen molar-refractivity contribution in [3.8, 4) is 11.4 Å². The number of carbonyl (C=O) groups is 1. The highest BCUT2D eigenvalue weighted by Gasteiger charge is 2.36. The van der Waals surface area contributed by atoms with Crippen molar-refractivity contribution < 1.29 is 9.90 Å². The fraction of sp³-hybridized carbons (Fsp3) is 0.467. The van der Waals surface area contributed by atoms with Crippen LogP contribution in [0.5, 0.6) is 0 Å². The van der Waals surface area contributed by atoms with E-state index in [9.17, 15) is 4.79 Å². The van der Waals surface area contributed by atoms with Gasteiger partial charge in [0.2, 0.25) is 0 Å². The molecule has 0 bridgehead atoms. The van der Waals surface area contributed by atoms with Crippen LogP contribution in [0.25, 0.3) is 11.4 Å². The predicted molar refractivity (Wildman–Crippen MR) is 76.7 cm³/mol. The highest BCUT2D eigenvalue weighted by atomic mass is 16.4. The molecule has 6 heteroatoms.